The first-order valence-corrected chi connectivity index (χ1v) is 7.27. The summed E-state index contributed by atoms with van der Waals surface area (Å²) in [6.07, 6.45) is 3.02. The van der Waals surface area contributed by atoms with Crippen molar-refractivity contribution in [3.8, 4) is 11.3 Å². The minimum Gasteiger partial charge on any atom is -0.302 e. The standard InChI is InChI=1S/C14H8Br2N2/c15-8-4-5-13-17-14-9-2-1-3-11(16)10(9)6-12(14)18(13)7-8/h1-5,7H,6H2. The minimum absolute atomic E-state index is 0.934. The summed E-state index contributed by atoms with van der Waals surface area (Å²) in [5.74, 6) is 0. The van der Waals surface area contributed by atoms with Crippen LogP contribution in [-0.2, 0) is 6.42 Å². The Hall–Kier alpha value is -1.13. The van der Waals surface area contributed by atoms with Crippen LogP contribution >= 0.6 is 31.9 Å². The van der Waals surface area contributed by atoms with Crippen LogP contribution in [0, 0.1) is 0 Å². The first-order chi connectivity index (χ1) is 8.74. The lowest BCUT2D eigenvalue weighted by Crippen LogP contribution is -1.92. The predicted octanol–water partition coefficient (Wildman–Crippen LogP) is 4.43. The van der Waals surface area contributed by atoms with Gasteiger partial charge in [-0.15, -0.1) is 0 Å². The van der Waals surface area contributed by atoms with Crippen molar-refractivity contribution in [3.05, 3.63) is 56.7 Å². The Balaban J connectivity index is 2.08. The molecule has 0 bridgehead atoms. The van der Waals surface area contributed by atoms with Gasteiger partial charge in [-0.25, -0.2) is 4.98 Å². The fraction of sp³-hybridized carbons (Fsp3) is 0.0714. The van der Waals surface area contributed by atoms with Crippen molar-refractivity contribution in [2.45, 2.75) is 6.42 Å². The highest BCUT2D eigenvalue weighted by Crippen LogP contribution is 2.40. The minimum atomic E-state index is 0.934. The Kier molecular flexibility index (Phi) is 2.20. The third-order valence-electron chi connectivity index (χ3n) is 3.40. The van der Waals surface area contributed by atoms with Crippen molar-refractivity contribution in [1.29, 1.82) is 0 Å². The number of benzene rings is 1. The van der Waals surface area contributed by atoms with Crippen molar-refractivity contribution in [2.24, 2.45) is 0 Å². The molecule has 0 spiro atoms. The zero-order chi connectivity index (χ0) is 12.3. The second kappa shape index (κ2) is 3.68. The molecule has 0 unspecified atom stereocenters. The SMILES string of the molecule is Brc1ccc2nc3c(n2c1)Cc1c(Br)cccc1-3. The summed E-state index contributed by atoms with van der Waals surface area (Å²) in [6.45, 7) is 0. The molecule has 0 amide bonds. The number of fused-ring (bicyclic) bond motifs is 5. The lowest BCUT2D eigenvalue weighted by molar-refractivity contribution is 1.04. The third kappa shape index (κ3) is 1.36. The highest BCUT2D eigenvalue weighted by Gasteiger charge is 2.25. The molecule has 2 aromatic heterocycles. The topological polar surface area (TPSA) is 17.3 Å². The van der Waals surface area contributed by atoms with Gasteiger partial charge in [0.15, 0.2) is 0 Å². The van der Waals surface area contributed by atoms with Gasteiger partial charge in [0.05, 0.1) is 11.4 Å². The van der Waals surface area contributed by atoms with Gasteiger partial charge in [0.25, 0.3) is 0 Å². The molecule has 3 aromatic rings. The van der Waals surface area contributed by atoms with Gasteiger partial charge < -0.3 is 4.40 Å². The first kappa shape index (κ1) is 10.8. The molecule has 0 N–H and O–H groups in total. The zero-order valence-electron chi connectivity index (χ0n) is 9.32. The van der Waals surface area contributed by atoms with Crippen molar-refractivity contribution in [2.75, 3.05) is 0 Å². The van der Waals surface area contributed by atoms with Gasteiger partial charge in [0.1, 0.15) is 5.65 Å². The lowest BCUT2D eigenvalue weighted by Gasteiger charge is -2.02. The second-order valence-electron chi connectivity index (χ2n) is 4.43. The Labute approximate surface area is 121 Å². The van der Waals surface area contributed by atoms with Gasteiger partial charge in [-0.2, -0.15) is 0 Å². The monoisotopic (exact) mass is 362 g/mol. The Morgan fingerprint density at radius 1 is 1.11 bits per heavy atom. The number of aromatic nitrogens is 2. The lowest BCUT2D eigenvalue weighted by atomic mass is 10.1. The molecule has 0 atom stereocenters. The fourth-order valence-corrected chi connectivity index (χ4v) is 3.42. The summed E-state index contributed by atoms with van der Waals surface area (Å²) < 4.78 is 4.42. The summed E-state index contributed by atoms with van der Waals surface area (Å²) in [6, 6.07) is 10.4. The summed E-state index contributed by atoms with van der Waals surface area (Å²) in [5, 5.41) is 0. The molecule has 0 saturated carbocycles. The van der Waals surface area contributed by atoms with Crippen LogP contribution in [0.5, 0.6) is 0 Å². The van der Waals surface area contributed by atoms with E-state index in [4.69, 9.17) is 4.98 Å². The maximum absolute atomic E-state index is 4.74. The number of pyridine rings is 1. The van der Waals surface area contributed by atoms with Crippen LogP contribution in [0.25, 0.3) is 16.9 Å². The second-order valence-corrected chi connectivity index (χ2v) is 6.20. The smallest absolute Gasteiger partial charge is 0.137 e. The Morgan fingerprint density at radius 3 is 2.89 bits per heavy atom. The average Bonchev–Trinajstić information content (AvgIpc) is 2.87. The highest BCUT2D eigenvalue weighted by molar-refractivity contribution is 9.10. The predicted molar refractivity (Wildman–Crippen MR) is 78.8 cm³/mol. The Bertz CT molecular complexity index is 790. The third-order valence-corrected chi connectivity index (χ3v) is 4.61. The van der Waals surface area contributed by atoms with E-state index in [-0.39, 0.29) is 0 Å². The molecule has 2 nitrogen and oxygen atoms in total. The molecule has 88 valence electrons. The maximum atomic E-state index is 4.74. The van der Waals surface area contributed by atoms with Crippen LogP contribution in [-0.4, -0.2) is 9.38 Å². The van der Waals surface area contributed by atoms with Crippen LogP contribution in [0.2, 0.25) is 0 Å². The summed E-state index contributed by atoms with van der Waals surface area (Å²) in [5.41, 5.74) is 5.98. The summed E-state index contributed by atoms with van der Waals surface area (Å²) >= 11 is 7.14. The molecule has 1 aliphatic rings. The molecule has 4 heteroatoms. The molecule has 0 radical (unpaired) electrons. The number of hydrogen-bond acceptors (Lipinski definition) is 1. The average molecular weight is 364 g/mol. The van der Waals surface area contributed by atoms with Gasteiger partial charge in [-0.3, -0.25) is 0 Å². The number of rotatable bonds is 0. The van der Waals surface area contributed by atoms with E-state index in [1.807, 2.05) is 12.1 Å². The normalized spacial score (nSPS) is 12.8. The van der Waals surface area contributed by atoms with Crippen LogP contribution in [0.4, 0.5) is 0 Å². The van der Waals surface area contributed by atoms with E-state index in [2.05, 4.69) is 60.7 Å². The summed E-state index contributed by atoms with van der Waals surface area (Å²) in [4.78, 5) is 4.74. The molecule has 0 fully saturated rings. The first-order valence-electron chi connectivity index (χ1n) is 5.68. The van der Waals surface area contributed by atoms with Gasteiger partial charge >= 0.3 is 0 Å². The summed E-state index contributed by atoms with van der Waals surface area (Å²) in [7, 11) is 0. The molecular formula is C14H8Br2N2. The number of nitrogens with zero attached hydrogens (tertiary/aromatic N) is 2. The van der Waals surface area contributed by atoms with E-state index in [9.17, 15) is 0 Å². The van der Waals surface area contributed by atoms with Gasteiger partial charge in [0.2, 0.25) is 0 Å². The van der Waals surface area contributed by atoms with Gasteiger partial charge in [0, 0.05) is 27.1 Å². The van der Waals surface area contributed by atoms with E-state index in [0.717, 1.165) is 22.2 Å². The molecular weight excluding hydrogens is 356 g/mol. The molecule has 4 rings (SSSR count). The molecule has 1 aromatic carbocycles. The number of hydrogen-bond donors (Lipinski definition) is 0. The van der Waals surface area contributed by atoms with Crippen LogP contribution < -0.4 is 0 Å². The fourth-order valence-electron chi connectivity index (χ4n) is 2.58. The van der Waals surface area contributed by atoms with Crippen molar-refractivity contribution >= 4 is 37.5 Å². The van der Waals surface area contributed by atoms with Crippen LogP contribution in [0.3, 0.4) is 0 Å². The zero-order valence-corrected chi connectivity index (χ0v) is 12.5. The molecule has 18 heavy (non-hydrogen) atoms. The number of halogens is 2. The molecule has 2 heterocycles. The highest BCUT2D eigenvalue weighted by atomic mass is 79.9. The van der Waals surface area contributed by atoms with E-state index in [1.54, 1.807) is 0 Å². The quantitative estimate of drug-likeness (QED) is 0.451. The largest absolute Gasteiger partial charge is 0.302 e. The van der Waals surface area contributed by atoms with Gasteiger partial charge in [-0.1, -0.05) is 28.1 Å². The maximum Gasteiger partial charge on any atom is 0.137 e. The van der Waals surface area contributed by atoms with Crippen molar-refractivity contribution < 1.29 is 0 Å². The molecule has 0 aliphatic heterocycles. The number of imidazole rings is 1. The van der Waals surface area contributed by atoms with E-state index >= 15 is 0 Å². The Morgan fingerprint density at radius 2 is 2.00 bits per heavy atom. The van der Waals surface area contributed by atoms with Crippen molar-refractivity contribution in [3.63, 3.8) is 0 Å². The van der Waals surface area contributed by atoms with Gasteiger partial charge in [-0.05, 0) is 39.7 Å². The van der Waals surface area contributed by atoms with E-state index < -0.39 is 0 Å². The van der Waals surface area contributed by atoms with Crippen LogP contribution in [0.1, 0.15) is 11.3 Å². The molecule has 1 aliphatic carbocycles. The van der Waals surface area contributed by atoms with E-state index in [0.29, 0.717) is 0 Å². The van der Waals surface area contributed by atoms with Crippen molar-refractivity contribution in [1.82, 2.24) is 9.38 Å². The van der Waals surface area contributed by atoms with Crippen LogP contribution in [0.15, 0.2) is 45.5 Å². The van der Waals surface area contributed by atoms with E-state index in [1.165, 1.54) is 21.3 Å². The molecule has 0 saturated heterocycles.